The van der Waals surface area contributed by atoms with Gasteiger partial charge in [-0.25, -0.2) is 9.78 Å². The molecule has 7 nitrogen and oxygen atoms in total. The van der Waals surface area contributed by atoms with Gasteiger partial charge in [-0.15, -0.1) is 0 Å². The van der Waals surface area contributed by atoms with Crippen LogP contribution in [0.3, 0.4) is 0 Å². The highest BCUT2D eigenvalue weighted by Gasteiger charge is 2.19. The second-order valence-electron chi connectivity index (χ2n) is 6.04. The Kier molecular flexibility index (Phi) is 3.73. The largest absolute Gasteiger partial charge is 0.349 e. The summed E-state index contributed by atoms with van der Waals surface area (Å²) in [5.74, 6) is 0.330. The van der Waals surface area contributed by atoms with Crippen molar-refractivity contribution in [2.45, 2.75) is 20.4 Å². The monoisotopic (exact) mass is 313 g/mol. The lowest BCUT2D eigenvalue weighted by molar-refractivity contribution is 0.386. The van der Waals surface area contributed by atoms with Crippen LogP contribution in [0.1, 0.15) is 11.1 Å². The Morgan fingerprint density at radius 3 is 2.52 bits per heavy atom. The molecule has 0 saturated heterocycles. The molecule has 0 bridgehead atoms. The number of aryl methyl sites for hydroxylation is 2. The number of aromatic amines is 1. The lowest BCUT2D eigenvalue weighted by Crippen LogP contribution is -2.30. The van der Waals surface area contributed by atoms with Crippen molar-refractivity contribution < 1.29 is 0 Å². The maximum Gasteiger partial charge on any atom is 0.349 e. The molecule has 0 aromatic heterocycles. The van der Waals surface area contributed by atoms with E-state index in [1.54, 1.807) is 0 Å². The molecule has 0 amide bonds. The molecule has 1 N–H and O–H groups in total. The van der Waals surface area contributed by atoms with Crippen LogP contribution in [0.15, 0.2) is 21.7 Å². The van der Waals surface area contributed by atoms with Crippen molar-refractivity contribution in [1.82, 2.24) is 24.4 Å². The summed E-state index contributed by atoms with van der Waals surface area (Å²) in [5, 5.41) is 0. The molecule has 2 aliphatic heterocycles. The number of hydrogen-bond acceptors (Lipinski definition) is 5. The molecule has 7 heteroatoms. The van der Waals surface area contributed by atoms with Crippen LogP contribution in [0.4, 0.5) is 0 Å². The van der Waals surface area contributed by atoms with Crippen LogP contribution < -0.4 is 11.2 Å². The summed E-state index contributed by atoms with van der Waals surface area (Å²) in [7, 11) is 3.95. The minimum absolute atomic E-state index is 0.194. The number of nitrogens with zero attached hydrogens (tertiary/aromatic N) is 4. The number of nitrogens with one attached hydrogen (secondary N) is 1. The summed E-state index contributed by atoms with van der Waals surface area (Å²) in [6, 6.07) is 3.99. The van der Waals surface area contributed by atoms with Crippen LogP contribution in [0.2, 0.25) is 0 Å². The molecular formula is C16H19N5O2. The van der Waals surface area contributed by atoms with Crippen LogP contribution in [0.5, 0.6) is 0 Å². The number of fused-ring (bicyclic) bond motifs is 2. The average Bonchev–Trinajstić information content (AvgIpc) is 2.46. The zero-order valence-corrected chi connectivity index (χ0v) is 13.7. The Balaban J connectivity index is 2.42. The van der Waals surface area contributed by atoms with E-state index in [1.165, 1.54) is 0 Å². The first-order valence-electron chi connectivity index (χ1n) is 7.43. The van der Waals surface area contributed by atoms with E-state index in [9.17, 15) is 9.59 Å². The first-order valence-corrected chi connectivity index (χ1v) is 7.43. The molecule has 0 aliphatic carbocycles. The van der Waals surface area contributed by atoms with Crippen molar-refractivity contribution in [1.29, 1.82) is 0 Å². The van der Waals surface area contributed by atoms with Crippen LogP contribution in [0.25, 0.3) is 22.6 Å². The third-order valence-corrected chi connectivity index (χ3v) is 4.00. The molecule has 0 saturated carbocycles. The average molecular weight is 313 g/mol. The topological polar surface area (TPSA) is 83.9 Å². The molecule has 2 heterocycles. The van der Waals surface area contributed by atoms with Gasteiger partial charge in [0.05, 0.1) is 11.0 Å². The Morgan fingerprint density at radius 1 is 1.13 bits per heavy atom. The van der Waals surface area contributed by atoms with Crippen molar-refractivity contribution in [2.24, 2.45) is 0 Å². The van der Waals surface area contributed by atoms with Gasteiger partial charge in [0.1, 0.15) is 0 Å². The minimum Gasteiger partial charge on any atom is -0.321 e. The lowest BCUT2D eigenvalue weighted by Gasteiger charge is -2.19. The molecule has 0 unspecified atom stereocenters. The van der Waals surface area contributed by atoms with Crippen LogP contribution in [-0.2, 0) is 6.54 Å². The number of likely N-dealkylation sites (N-methyl/N-ethyl adjacent to an activating group) is 1. The summed E-state index contributed by atoms with van der Waals surface area (Å²) in [4.78, 5) is 36.4. The van der Waals surface area contributed by atoms with E-state index in [1.807, 2.05) is 49.5 Å². The first-order chi connectivity index (χ1) is 10.9. The minimum atomic E-state index is -0.647. The predicted octanol–water partition coefficient (Wildman–Crippen LogP) is 0.763. The molecule has 0 atom stereocenters. The van der Waals surface area contributed by atoms with Crippen molar-refractivity contribution in [2.75, 3.05) is 20.6 Å². The fourth-order valence-corrected chi connectivity index (χ4v) is 2.58. The number of benzene rings is 1. The SMILES string of the molecule is Cc1cc2nc3c(=O)[nH]c(=O)nc-3n(CCN(C)C)c2cc1C. The first kappa shape index (κ1) is 15.4. The lowest BCUT2D eigenvalue weighted by atomic mass is 10.1. The predicted molar refractivity (Wildman–Crippen MR) is 89.1 cm³/mol. The third kappa shape index (κ3) is 2.75. The molecular weight excluding hydrogens is 294 g/mol. The summed E-state index contributed by atoms with van der Waals surface area (Å²) >= 11 is 0. The zero-order valence-electron chi connectivity index (χ0n) is 13.7. The van der Waals surface area contributed by atoms with Crippen LogP contribution >= 0.6 is 0 Å². The highest BCUT2D eigenvalue weighted by atomic mass is 16.2. The number of H-pyrrole nitrogens is 1. The number of aromatic nitrogens is 4. The fraction of sp³-hybridized carbons (Fsp3) is 0.375. The van der Waals surface area contributed by atoms with E-state index in [0.717, 1.165) is 28.7 Å². The van der Waals surface area contributed by atoms with Gasteiger partial charge in [0.2, 0.25) is 0 Å². The molecule has 2 aliphatic rings. The maximum absolute atomic E-state index is 12.1. The van der Waals surface area contributed by atoms with E-state index in [2.05, 4.69) is 15.0 Å². The number of hydrogen-bond donors (Lipinski definition) is 1. The van der Waals surface area contributed by atoms with Gasteiger partial charge in [0.25, 0.3) is 5.56 Å². The Labute approximate surface area is 133 Å². The van der Waals surface area contributed by atoms with Gasteiger partial charge in [-0.05, 0) is 51.2 Å². The summed E-state index contributed by atoms with van der Waals surface area (Å²) in [5.41, 5.74) is 2.88. The third-order valence-electron chi connectivity index (χ3n) is 4.00. The second kappa shape index (κ2) is 5.58. The highest BCUT2D eigenvalue weighted by Crippen LogP contribution is 2.23. The molecule has 1 aromatic carbocycles. The molecule has 0 fully saturated rings. The van der Waals surface area contributed by atoms with Crippen LogP contribution in [-0.4, -0.2) is 45.1 Å². The zero-order chi connectivity index (χ0) is 16.7. The normalized spacial score (nSPS) is 11.7. The highest BCUT2D eigenvalue weighted by molar-refractivity contribution is 5.81. The maximum atomic E-state index is 12.1. The van der Waals surface area contributed by atoms with Crippen molar-refractivity contribution >= 4 is 11.0 Å². The molecule has 23 heavy (non-hydrogen) atoms. The Bertz CT molecular complexity index is 971. The van der Waals surface area contributed by atoms with Crippen molar-refractivity contribution in [3.8, 4) is 11.5 Å². The van der Waals surface area contributed by atoms with Gasteiger partial charge in [-0.1, -0.05) is 0 Å². The Hall–Kier alpha value is -2.54. The molecule has 1 aromatic rings. The standard InChI is InChI=1S/C16H19N5O2/c1-9-7-11-12(8-10(9)2)21(6-5-20(3)4)14-13(17-11)15(22)19-16(23)18-14/h7-8H,5-6H2,1-4H3,(H,19,22,23). The summed E-state index contributed by atoms with van der Waals surface area (Å²) in [6.45, 7) is 5.41. The summed E-state index contributed by atoms with van der Waals surface area (Å²) in [6.07, 6.45) is 0. The van der Waals surface area contributed by atoms with E-state index in [-0.39, 0.29) is 5.69 Å². The van der Waals surface area contributed by atoms with Gasteiger partial charge in [0, 0.05) is 13.1 Å². The van der Waals surface area contributed by atoms with E-state index in [0.29, 0.717) is 12.4 Å². The van der Waals surface area contributed by atoms with E-state index >= 15 is 0 Å². The molecule has 3 rings (SSSR count). The molecule has 0 radical (unpaired) electrons. The van der Waals surface area contributed by atoms with Gasteiger partial charge < -0.3 is 9.47 Å². The van der Waals surface area contributed by atoms with Gasteiger partial charge in [0.15, 0.2) is 11.5 Å². The van der Waals surface area contributed by atoms with Crippen molar-refractivity contribution in [3.05, 3.63) is 44.1 Å². The van der Waals surface area contributed by atoms with Gasteiger partial charge in [-0.3, -0.25) is 9.78 Å². The number of rotatable bonds is 3. The quantitative estimate of drug-likeness (QED) is 0.722. The smallest absolute Gasteiger partial charge is 0.321 e. The van der Waals surface area contributed by atoms with E-state index < -0.39 is 11.2 Å². The van der Waals surface area contributed by atoms with Crippen molar-refractivity contribution in [3.63, 3.8) is 0 Å². The Morgan fingerprint density at radius 2 is 1.83 bits per heavy atom. The van der Waals surface area contributed by atoms with E-state index in [4.69, 9.17) is 0 Å². The second-order valence-corrected chi connectivity index (χ2v) is 6.04. The summed E-state index contributed by atoms with van der Waals surface area (Å²) < 4.78 is 1.90. The molecule has 120 valence electrons. The van der Waals surface area contributed by atoms with Gasteiger partial charge in [-0.2, -0.15) is 4.98 Å². The van der Waals surface area contributed by atoms with Gasteiger partial charge >= 0.3 is 5.69 Å². The molecule has 0 spiro atoms. The van der Waals surface area contributed by atoms with Crippen LogP contribution in [0, 0.1) is 13.8 Å². The fourth-order valence-electron chi connectivity index (χ4n) is 2.58.